The van der Waals surface area contributed by atoms with Gasteiger partial charge in [0.15, 0.2) is 11.5 Å². The fourth-order valence-corrected chi connectivity index (χ4v) is 6.68. The molecule has 0 aromatic heterocycles. The van der Waals surface area contributed by atoms with E-state index in [-0.39, 0.29) is 35.7 Å². The van der Waals surface area contributed by atoms with Crippen molar-refractivity contribution in [2.45, 2.75) is 82.4 Å². The van der Waals surface area contributed by atoms with E-state index in [9.17, 15) is 9.18 Å². The standard InChI is InChI=1S/C30H38FN3O2/c1-3-6-22(12-11-21-9-10-21)19-24-13-16-29(17-14-25(36-2)15-18-29)30(24)27(35)34(28(32)33-30)20-23-7-4-5-8-26(23)31/h3-8,19,21,25H,1,9-18,20H2,2H3,(H2,32,33)/b22-6-,24-19+. The Hall–Kier alpha value is -2.73. The first kappa shape index (κ1) is 24.9. The van der Waals surface area contributed by atoms with E-state index in [1.807, 2.05) is 6.08 Å². The molecular weight excluding hydrogens is 453 g/mol. The van der Waals surface area contributed by atoms with Gasteiger partial charge in [-0.1, -0.05) is 55.8 Å². The molecule has 36 heavy (non-hydrogen) atoms. The van der Waals surface area contributed by atoms with Crippen LogP contribution in [0.2, 0.25) is 0 Å². The van der Waals surface area contributed by atoms with E-state index in [1.54, 1.807) is 25.3 Å². The third kappa shape index (κ3) is 4.34. The van der Waals surface area contributed by atoms with Crippen molar-refractivity contribution in [2.75, 3.05) is 7.11 Å². The van der Waals surface area contributed by atoms with Crippen LogP contribution < -0.4 is 5.73 Å². The van der Waals surface area contributed by atoms with Gasteiger partial charge < -0.3 is 10.5 Å². The summed E-state index contributed by atoms with van der Waals surface area (Å²) in [7, 11) is 1.76. The summed E-state index contributed by atoms with van der Waals surface area (Å²) in [4.78, 5) is 20.9. The number of benzene rings is 1. The lowest BCUT2D eigenvalue weighted by atomic mass is 9.61. The number of nitrogens with two attached hydrogens (primary N) is 1. The summed E-state index contributed by atoms with van der Waals surface area (Å²) in [5.41, 5.74) is 7.84. The smallest absolute Gasteiger partial charge is 0.262 e. The summed E-state index contributed by atoms with van der Waals surface area (Å²) in [5.74, 6) is 0.565. The molecule has 1 aromatic carbocycles. The molecule has 0 saturated heterocycles. The zero-order valence-corrected chi connectivity index (χ0v) is 21.3. The second kappa shape index (κ2) is 9.97. The minimum absolute atomic E-state index is 0.0870. The number of hydrogen-bond acceptors (Lipinski definition) is 4. The molecule has 1 heterocycles. The predicted molar refractivity (Wildman–Crippen MR) is 141 cm³/mol. The molecule has 3 aliphatic carbocycles. The van der Waals surface area contributed by atoms with Gasteiger partial charge >= 0.3 is 0 Å². The normalized spacial score (nSPS) is 31.6. The third-order valence-corrected chi connectivity index (χ3v) is 8.96. The van der Waals surface area contributed by atoms with Gasteiger partial charge in [-0.2, -0.15) is 0 Å². The van der Waals surface area contributed by atoms with E-state index in [2.05, 4.69) is 18.7 Å². The highest BCUT2D eigenvalue weighted by Gasteiger charge is 2.66. The molecule has 3 fully saturated rings. The molecule has 6 heteroatoms. The lowest BCUT2D eigenvalue weighted by molar-refractivity contribution is -0.135. The van der Waals surface area contributed by atoms with E-state index in [1.165, 1.54) is 29.4 Å². The number of rotatable bonds is 8. The SMILES string of the molecule is C=C/C=C(\C=C1/CCC2(CCC(OC)CC2)C12N=C(N)N(Cc1ccccc1F)C2=O)CCC1CC1. The van der Waals surface area contributed by atoms with Crippen molar-refractivity contribution in [3.05, 3.63) is 71.6 Å². The first-order valence-electron chi connectivity index (χ1n) is 13.4. The first-order chi connectivity index (χ1) is 17.4. The molecule has 1 atom stereocenters. The van der Waals surface area contributed by atoms with Crippen LogP contribution in [0.4, 0.5) is 4.39 Å². The molecule has 4 aliphatic rings. The molecule has 0 radical (unpaired) electrons. The van der Waals surface area contributed by atoms with Gasteiger partial charge in [-0.3, -0.25) is 9.69 Å². The van der Waals surface area contributed by atoms with Crippen molar-refractivity contribution in [3.63, 3.8) is 0 Å². The fraction of sp³-hybridized carbons (Fsp3) is 0.533. The van der Waals surface area contributed by atoms with E-state index >= 15 is 0 Å². The summed E-state index contributed by atoms with van der Waals surface area (Å²) >= 11 is 0. The highest BCUT2D eigenvalue weighted by atomic mass is 19.1. The number of ether oxygens (including phenoxy) is 1. The number of allylic oxidation sites excluding steroid dienone is 4. The number of hydrogen-bond donors (Lipinski definition) is 1. The van der Waals surface area contributed by atoms with Crippen LogP contribution in [0.5, 0.6) is 0 Å². The number of guanidine groups is 1. The van der Waals surface area contributed by atoms with Crippen LogP contribution in [-0.2, 0) is 16.1 Å². The molecule has 2 N–H and O–H groups in total. The van der Waals surface area contributed by atoms with Crippen molar-refractivity contribution >= 4 is 11.9 Å². The number of carbonyl (C=O) groups is 1. The fourth-order valence-electron chi connectivity index (χ4n) is 6.68. The number of halogens is 1. The van der Waals surface area contributed by atoms with Crippen LogP contribution in [0.25, 0.3) is 0 Å². The summed E-state index contributed by atoms with van der Waals surface area (Å²) in [6.07, 6.45) is 16.3. The molecule has 0 bridgehead atoms. The summed E-state index contributed by atoms with van der Waals surface area (Å²) < 4.78 is 20.2. The number of fused-ring (bicyclic) bond motifs is 1. The van der Waals surface area contributed by atoms with Crippen molar-refractivity contribution in [1.29, 1.82) is 0 Å². The van der Waals surface area contributed by atoms with Crippen LogP contribution in [0.15, 0.2) is 65.2 Å². The number of methoxy groups -OCH3 is 1. The van der Waals surface area contributed by atoms with Crippen molar-refractivity contribution in [2.24, 2.45) is 22.1 Å². The van der Waals surface area contributed by atoms with Crippen LogP contribution >= 0.6 is 0 Å². The second-order valence-corrected chi connectivity index (χ2v) is 11.0. The van der Waals surface area contributed by atoms with Gasteiger partial charge in [-0.25, -0.2) is 9.38 Å². The van der Waals surface area contributed by atoms with E-state index in [4.69, 9.17) is 15.5 Å². The summed E-state index contributed by atoms with van der Waals surface area (Å²) in [5, 5.41) is 0. The number of aliphatic imine (C=N–C) groups is 1. The number of amides is 1. The van der Waals surface area contributed by atoms with Gasteiger partial charge in [0, 0.05) is 18.1 Å². The quantitative estimate of drug-likeness (QED) is 0.466. The largest absolute Gasteiger partial charge is 0.381 e. The lowest BCUT2D eigenvalue weighted by Crippen LogP contribution is -2.54. The predicted octanol–water partition coefficient (Wildman–Crippen LogP) is 5.82. The van der Waals surface area contributed by atoms with Gasteiger partial charge in [-0.15, -0.1) is 0 Å². The molecule has 5 nitrogen and oxygen atoms in total. The Labute approximate surface area is 214 Å². The molecule has 1 amide bonds. The lowest BCUT2D eigenvalue weighted by Gasteiger charge is -2.45. The van der Waals surface area contributed by atoms with E-state index in [0.717, 1.165) is 62.9 Å². The number of carbonyl (C=O) groups excluding carboxylic acids is 1. The summed E-state index contributed by atoms with van der Waals surface area (Å²) in [6.45, 7) is 4.01. The monoisotopic (exact) mass is 491 g/mol. The van der Waals surface area contributed by atoms with Crippen molar-refractivity contribution < 1.29 is 13.9 Å². The Balaban J connectivity index is 1.53. The molecule has 3 saturated carbocycles. The topological polar surface area (TPSA) is 67.9 Å². The molecule has 2 spiro atoms. The average Bonchev–Trinajstić information content (AvgIpc) is 3.63. The van der Waals surface area contributed by atoms with Gasteiger partial charge in [0.05, 0.1) is 12.6 Å². The minimum Gasteiger partial charge on any atom is -0.381 e. The molecule has 1 unspecified atom stereocenters. The summed E-state index contributed by atoms with van der Waals surface area (Å²) in [6, 6.07) is 6.55. The first-order valence-corrected chi connectivity index (χ1v) is 13.4. The Morgan fingerprint density at radius 2 is 2.00 bits per heavy atom. The molecule has 1 aliphatic heterocycles. The van der Waals surface area contributed by atoms with Crippen LogP contribution in [-0.4, -0.2) is 35.5 Å². The Morgan fingerprint density at radius 3 is 2.67 bits per heavy atom. The zero-order chi connectivity index (χ0) is 25.3. The molecule has 192 valence electrons. The average molecular weight is 492 g/mol. The van der Waals surface area contributed by atoms with Crippen LogP contribution in [0.3, 0.4) is 0 Å². The molecular formula is C30H38FN3O2. The van der Waals surface area contributed by atoms with E-state index < -0.39 is 5.54 Å². The maximum Gasteiger partial charge on any atom is 0.262 e. The van der Waals surface area contributed by atoms with E-state index in [0.29, 0.717) is 5.56 Å². The van der Waals surface area contributed by atoms with Crippen LogP contribution in [0, 0.1) is 17.2 Å². The maximum absolute atomic E-state index is 14.5. The van der Waals surface area contributed by atoms with Gasteiger partial charge in [-0.05, 0) is 74.5 Å². The molecule has 5 rings (SSSR count). The highest BCUT2D eigenvalue weighted by molar-refractivity contribution is 6.09. The van der Waals surface area contributed by atoms with Gasteiger partial charge in [0.2, 0.25) is 0 Å². The van der Waals surface area contributed by atoms with Crippen molar-refractivity contribution in [1.82, 2.24) is 4.90 Å². The zero-order valence-electron chi connectivity index (χ0n) is 21.3. The Morgan fingerprint density at radius 1 is 1.25 bits per heavy atom. The van der Waals surface area contributed by atoms with Crippen LogP contribution in [0.1, 0.15) is 69.8 Å². The highest BCUT2D eigenvalue weighted by Crippen LogP contribution is 2.61. The third-order valence-electron chi connectivity index (χ3n) is 8.96. The number of nitrogens with zero attached hydrogens (tertiary/aromatic N) is 2. The Bertz CT molecular complexity index is 1110. The van der Waals surface area contributed by atoms with Gasteiger partial charge in [0.1, 0.15) is 5.82 Å². The Kier molecular flexibility index (Phi) is 6.90. The van der Waals surface area contributed by atoms with Crippen molar-refractivity contribution in [3.8, 4) is 0 Å². The minimum atomic E-state index is -1.03. The molecule has 1 aromatic rings. The van der Waals surface area contributed by atoms with Gasteiger partial charge in [0.25, 0.3) is 5.91 Å². The second-order valence-electron chi connectivity index (χ2n) is 11.0. The maximum atomic E-state index is 14.5.